The topological polar surface area (TPSA) is 32.8 Å². The van der Waals surface area contributed by atoms with Crippen LogP contribution in [-0.2, 0) is 16.0 Å². The molecule has 0 aliphatic carbocycles. The molecule has 0 atom stereocenters. The minimum atomic E-state index is 0.214. The Hall–Kier alpha value is -0.910. The molecule has 0 radical (unpaired) electrons. The monoisotopic (exact) mass is 376 g/mol. The molecule has 3 aliphatic rings. The molecule has 4 nitrogen and oxygen atoms in total. The van der Waals surface area contributed by atoms with Gasteiger partial charge in [0.05, 0.1) is 12.0 Å². The van der Waals surface area contributed by atoms with E-state index in [0.717, 1.165) is 44.0 Å². The Morgan fingerprint density at radius 2 is 1.96 bits per heavy atom. The smallest absolute Gasteiger partial charge is 0.227 e. The van der Waals surface area contributed by atoms with Crippen molar-refractivity contribution in [3.05, 3.63) is 22.4 Å². The van der Waals surface area contributed by atoms with Crippen molar-refractivity contribution in [3.8, 4) is 0 Å². The van der Waals surface area contributed by atoms with Gasteiger partial charge in [0, 0.05) is 39.3 Å². The Morgan fingerprint density at radius 1 is 1.15 bits per heavy atom. The van der Waals surface area contributed by atoms with Crippen molar-refractivity contribution >= 4 is 17.2 Å². The molecule has 0 saturated carbocycles. The summed E-state index contributed by atoms with van der Waals surface area (Å²) in [5, 5.41) is 4.14. The number of carbonyl (C=O) groups is 1. The van der Waals surface area contributed by atoms with Crippen LogP contribution in [0.15, 0.2) is 16.8 Å². The average Bonchev–Trinajstić information content (AvgIpc) is 3.18. The van der Waals surface area contributed by atoms with Gasteiger partial charge in [-0.05, 0) is 73.3 Å². The normalized spacial score (nSPS) is 24.8. The summed E-state index contributed by atoms with van der Waals surface area (Å²) >= 11 is 1.67. The van der Waals surface area contributed by atoms with Gasteiger partial charge in [0.25, 0.3) is 0 Å². The van der Waals surface area contributed by atoms with Gasteiger partial charge in [-0.25, -0.2) is 0 Å². The Kier molecular flexibility index (Phi) is 5.97. The third-order valence-corrected chi connectivity index (χ3v) is 7.35. The van der Waals surface area contributed by atoms with Gasteiger partial charge in [-0.3, -0.25) is 4.79 Å². The van der Waals surface area contributed by atoms with Gasteiger partial charge in [0.2, 0.25) is 5.91 Å². The highest BCUT2D eigenvalue weighted by Crippen LogP contribution is 2.35. The van der Waals surface area contributed by atoms with Gasteiger partial charge in [-0.15, -0.1) is 0 Å². The molecule has 26 heavy (non-hydrogen) atoms. The quantitative estimate of drug-likeness (QED) is 0.805. The van der Waals surface area contributed by atoms with Crippen LogP contribution >= 0.6 is 11.3 Å². The van der Waals surface area contributed by atoms with E-state index < -0.39 is 0 Å². The lowest BCUT2D eigenvalue weighted by molar-refractivity contribution is -0.132. The Bertz CT molecular complexity index is 565. The van der Waals surface area contributed by atoms with E-state index >= 15 is 0 Å². The number of hydrogen-bond acceptors (Lipinski definition) is 4. The molecule has 4 heterocycles. The van der Waals surface area contributed by atoms with Gasteiger partial charge in [0.1, 0.15) is 0 Å². The molecule has 3 aliphatic heterocycles. The molecule has 1 amide bonds. The predicted molar refractivity (Wildman–Crippen MR) is 106 cm³/mol. The third-order valence-electron chi connectivity index (χ3n) is 6.62. The second-order valence-electron chi connectivity index (χ2n) is 8.42. The highest BCUT2D eigenvalue weighted by molar-refractivity contribution is 7.08. The minimum Gasteiger partial charge on any atom is -0.375 e. The van der Waals surface area contributed by atoms with E-state index in [2.05, 4.69) is 26.6 Å². The van der Waals surface area contributed by atoms with E-state index in [-0.39, 0.29) is 5.60 Å². The van der Waals surface area contributed by atoms with Crippen LogP contribution in [0.3, 0.4) is 0 Å². The second kappa shape index (κ2) is 8.41. The van der Waals surface area contributed by atoms with Gasteiger partial charge in [-0.1, -0.05) is 0 Å². The summed E-state index contributed by atoms with van der Waals surface area (Å²) in [5.41, 5.74) is 1.38. The third kappa shape index (κ3) is 4.49. The lowest BCUT2D eigenvalue weighted by Gasteiger charge is -2.45. The maximum absolute atomic E-state index is 12.4. The fourth-order valence-corrected chi connectivity index (χ4v) is 5.53. The van der Waals surface area contributed by atoms with E-state index in [1.807, 2.05) is 0 Å². The van der Waals surface area contributed by atoms with Crippen LogP contribution in [0, 0.1) is 5.92 Å². The molecule has 0 N–H and O–H groups in total. The van der Waals surface area contributed by atoms with Crippen molar-refractivity contribution in [3.63, 3.8) is 0 Å². The van der Waals surface area contributed by atoms with Gasteiger partial charge >= 0.3 is 0 Å². The van der Waals surface area contributed by atoms with E-state index in [1.165, 1.54) is 51.7 Å². The maximum atomic E-state index is 12.4. The Balaban J connectivity index is 1.18. The molecule has 1 aromatic heterocycles. The summed E-state index contributed by atoms with van der Waals surface area (Å²) in [7, 11) is 0. The van der Waals surface area contributed by atoms with Gasteiger partial charge in [-0.2, -0.15) is 11.3 Å². The van der Waals surface area contributed by atoms with Gasteiger partial charge < -0.3 is 14.5 Å². The fraction of sp³-hybridized carbons (Fsp3) is 0.762. The number of rotatable bonds is 4. The van der Waals surface area contributed by atoms with E-state index in [0.29, 0.717) is 12.3 Å². The number of amides is 1. The van der Waals surface area contributed by atoms with Crippen molar-refractivity contribution in [2.75, 3.05) is 39.3 Å². The highest BCUT2D eigenvalue weighted by atomic mass is 32.1. The molecule has 5 heteroatoms. The molecule has 3 fully saturated rings. The number of thiophene rings is 1. The molecular weight excluding hydrogens is 344 g/mol. The van der Waals surface area contributed by atoms with Crippen molar-refractivity contribution in [1.29, 1.82) is 0 Å². The summed E-state index contributed by atoms with van der Waals surface area (Å²) in [5.74, 6) is 1.05. The minimum absolute atomic E-state index is 0.214. The summed E-state index contributed by atoms with van der Waals surface area (Å²) in [6.45, 7) is 6.44. The number of piperidine rings is 2. The number of likely N-dealkylation sites (tertiary alicyclic amines) is 2. The number of ether oxygens (including phenoxy) is 1. The number of carbonyl (C=O) groups excluding carboxylic acids is 1. The molecule has 4 rings (SSSR count). The summed E-state index contributed by atoms with van der Waals surface area (Å²) in [4.78, 5) is 17.2. The van der Waals surface area contributed by atoms with Crippen LogP contribution in [0.5, 0.6) is 0 Å². The summed E-state index contributed by atoms with van der Waals surface area (Å²) in [6.07, 6.45) is 9.18. The van der Waals surface area contributed by atoms with Crippen molar-refractivity contribution in [2.24, 2.45) is 5.92 Å². The van der Waals surface area contributed by atoms with E-state index in [9.17, 15) is 4.79 Å². The molecule has 1 spiro atoms. The predicted octanol–water partition coefficient (Wildman–Crippen LogP) is 3.56. The SMILES string of the molecule is O=C(Cc1ccsc1)N1CCC(CN2CCC3(CCCCO3)CC2)CC1. The first-order valence-corrected chi connectivity index (χ1v) is 11.3. The standard InChI is InChI=1S/C21H32N2O2S/c24-20(15-19-5-14-26-17-19)23-9-3-18(4-10-23)16-22-11-7-21(8-12-22)6-1-2-13-25-21/h5,14,17-18H,1-4,6-13,15-16H2. The summed E-state index contributed by atoms with van der Waals surface area (Å²) in [6, 6.07) is 2.06. The zero-order valence-electron chi connectivity index (χ0n) is 15.8. The van der Waals surface area contributed by atoms with Crippen LogP contribution in [0.1, 0.15) is 50.5 Å². The molecule has 0 unspecified atom stereocenters. The van der Waals surface area contributed by atoms with Crippen molar-refractivity contribution < 1.29 is 9.53 Å². The van der Waals surface area contributed by atoms with E-state index in [4.69, 9.17) is 4.74 Å². The number of nitrogens with zero attached hydrogens (tertiary/aromatic N) is 2. The fourth-order valence-electron chi connectivity index (χ4n) is 4.86. The second-order valence-corrected chi connectivity index (χ2v) is 9.20. The van der Waals surface area contributed by atoms with Crippen LogP contribution in [-0.4, -0.2) is 60.6 Å². The maximum Gasteiger partial charge on any atom is 0.227 e. The first kappa shape index (κ1) is 18.5. The lowest BCUT2D eigenvalue weighted by atomic mass is 9.84. The largest absolute Gasteiger partial charge is 0.375 e. The Labute approximate surface area is 161 Å². The first-order valence-electron chi connectivity index (χ1n) is 10.4. The molecular formula is C21H32N2O2S. The van der Waals surface area contributed by atoms with Crippen LogP contribution < -0.4 is 0 Å². The van der Waals surface area contributed by atoms with Crippen molar-refractivity contribution in [1.82, 2.24) is 9.80 Å². The van der Waals surface area contributed by atoms with E-state index in [1.54, 1.807) is 11.3 Å². The Morgan fingerprint density at radius 3 is 2.62 bits per heavy atom. The molecule has 0 aromatic carbocycles. The van der Waals surface area contributed by atoms with Crippen LogP contribution in [0.2, 0.25) is 0 Å². The molecule has 144 valence electrons. The zero-order chi connectivity index (χ0) is 17.8. The van der Waals surface area contributed by atoms with Crippen LogP contribution in [0.25, 0.3) is 0 Å². The highest BCUT2D eigenvalue weighted by Gasteiger charge is 2.37. The molecule has 0 bridgehead atoms. The lowest BCUT2D eigenvalue weighted by Crippen LogP contribution is -2.49. The average molecular weight is 377 g/mol. The number of hydrogen-bond donors (Lipinski definition) is 0. The molecule has 1 aromatic rings. The first-order chi connectivity index (χ1) is 12.7. The van der Waals surface area contributed by atoms with Gasteiger partial charge in [0.15, 0.2) is 0 Å². The van der Waals surface area contributed by atoms with Crippen molar-refractivity contribution in [2.45, 2.75) is 57.0 Å². The summed E-state index contributed by atoms with van der Waals surface area (Å²) < 4.78 is 6.16. The molecule has 3 saturated heterocycles. The van der Waals surface area contributed by atoms with Crippen LogP contribution in [0.4, 0.5) is 0 Å². The zero-order valence-corrected chi connectivity index (χ0v) is 16.6.